The van der Waals surface area contributed by atoms with E-state index < -0.39 is 0 Å². The van der Waals surface area contributed by atoms with Gasteiger partial charge in [-0.2, -0.15) is 0 Å². The Kier molecular flexibility index (Phi) is 5.08. The minimum Gasteiger partial charge on any atom is -0.504 e. The number of phenols is 2. The number of aromatic nitrogens is 2. The molecule has 2 aromatic rings. The highest BCUT2D eigenvalue weighted by Gasteiger charge is 2.19. The van der Waals surface area contributed by atoms with Crippen molar-refractivity contribution in [2.75, 3.05) is 31.1 Å². The van der Waals surface area contributed by atoms with Gasteiger partial charge in [-0.3, -0.25) is 4.90 Å². The van der Waals surface area contributed by atoms with Crippen LogP contribution in [0.4, 0.5) is 5.82 Å². The maximum atomic E-state index is 9.63. The molecule has 6 heteroatoms. The Morgan fingerprint density at radius 3 is 2.36 bits per heavy atom. The monoisotopic (exact) mass is 342 g/mol. The summed E-state index contributed by atoms with van der Waals surface area (Å²) in [6.07, 6.45) is 0. The number of aromatic hydroxyl groups is 2. The van der Waals surface area contributed by atoms with Crippen molar-refractivity contribution in [3.05, 3.63) is 41.3 Å². The Labute approximate surface area is 148 Å². The van der Waals surface area contributed by atoms with Gasteiger partial charge in [0.1, 0.15) is 11.6 Å². The molecule has 6 nitrogen and oxygen atoms in total. The zero-order chi connectivity index (χ0) is 18.0. The number of piperazine rings is 1. The third-order valence-corrected chi connectivity index (χ3v) is 4.58. The number of anilines is 1. The quantitative estimate of drug-likeness (QED) is 0.832. The SMILES string of the molecule is Cc1nc(C(C)C)cc(N2CCN(Cc3ccc(O)c(O)c3)CC2)n1. The van der Waals surface area contributed by atoms with Crippen molar-refractivity contribution < 1.29 is 10.2 Å². The van der Waals surface area contributed by atoms with E-state index in [0.29, 0.717) is 5.92 Å². The third-order valence-electron chi connectivity index (χ3n) is 4.58. The number of hydrogen-bond donors (Lipinski definition) is 2. The summed E-state index contributed by atoms with van der Waals surface area (Å²) in [7, 11) is 0. The molecule has 134 valence electrons. The maximum Gasteiger partial charge on any atom is 0.157 e. The van der Waals surface area contributed by atoms with Crippen molar-refractivity contribution in [3.8, 4) is 11.5 Å². The Hall–Kier alpha value is -2.34. The molecule has 3 rings (SSSR count). The average Bonchev–Trinajstić information content (AvgIpc) is 2.58. The Morgan fingerprint density at radius 1 is 1.00 bits per heavy atom. The van der Waals surface area contributed by atoms with Crippen LogP contribution in [0.5, 0.6) is 11.5 Å². The van der Waals surface area contributed by atoms with Gasteiger partial charge in [0.2, 0.25) is 0 Å². The van der Waals surface area contributed by atoms with Crippen LogP contribution in [0.15, 0.2) is 24.3 Å². The fourth-order valence-electron chi connectivity index (χ4n) is 3.09. The van der Waals surface area contributed by atoms with Crippen LogP contribution < -0.4 is 4.90 Å². The van der Waals surface area contributed by atoms with Crippen molar-refractivity contribution >= 4 is 5.82 Å². The normalized spacial score (nSPS) is 15.8. The van der Waals surface area contributed by atoms with Crippen molar-refractivity contribution in [2.45, 2.75) is 33.2 Å². The molecule has 1 aliphatic heterocycles. The summed E-state index contributed by atoms with van der Waals surface area (Å²) in [4.78, 5) is 13.8. The standard InChI is InChI=1S/C19H26N4O2/c1-13(2)16-11-19(21-14(3)20-16)23-8-6-22(7-9-23)12-15-4-5-17(24)18(25)10-15/h4-5,10-11,13,24-25H,6-9,12H2,1-3H3. The molecule has 1 aliphatic rings. The molecule has 0 spiro atoms. The van der Waals surface area contributed by atoms with Crippen LogP contribution in [0, 0.1) is 6.92 Å². The molecule has 2 N–H and O–H groups in total. The maximum absolute atomic E-state index is 9.63. The molecule has 1 saturated heterocycles. The molecule has 1 aromatic carbocycles. The minimum absolute atomic E-state index is 0.0613. The number of phenolic OH excluding ortho intramolecular Hbond substituents is 2. The second-order valence-corrected chi connectivity index (χ2v) is 6.94. The molecule has 1 aromatic heterocycles. The van der Waals surface area contributed by atoms with E-state index in [1.54, 1.807) is 6.07 Å². The number of benzene rings is 1. The molecule has 0 saturated carbocycles. The van der Waals surface area contributed by atoms with Crippen molar-refractivity contribution in [2.24, 2.45) is 0 Å². The Balaban J connectivity index is 1.63. The fraction of sp³-hybridized carbons (Fsp3) is 0.474. The summed E-state index contributed by atoms with van der Waals surface area (Å²) in [5, 5.41) is 19.0. The van der Waals surface area contributed by atoms with Crippen molar-refractivity contribution in [1.29, 1.82) is 0 Å². The highest BCUT2D eigenvalue weighted by molar-refractivity contribution is 5.42. The third kappa shape index (κ3) is 4.20. The van der Waals surface area contributed by atoms with Gasteiger partial charge in [-0.05, 0) is 30.5 Å². The largest absolute Gasteiger partial charge is 0.504 e. The second-order valence-electron chi connectivity index (χ2n) is 6.94. The Bertz CT molecular complexity index is 740. The lowest BCUT2D eigenvalue weighted by Crippen LogP contribution is -2.46. The van der Waals surface area contributed by atoms with Gasteiger partial charge in [-0.1, -0.05) is 19.9 Å². The molecule has 1 fully saturated rings. The zero-order valence-electron chi connectivity index (χ0n) is 15.1. The van der Waals surface area contributed by atoms with Crippen LogP contribution in [0.1, 0.15) is 36.8 Å². The Morgan fingerprint density at radius 2 is 1.72 bits per heavy atom. The van der Waals surface area contributed by atoms with Gasteiger partial charge in [-0.25, -0.2) is 9.97 Å². The molecule has 2 heterocycles. The minimum atomic E-state index is -0.0753. The second kappa shape index (κ2) is 7.27. The summed E-state index contributed by atoms with van der Waals surface area (Å²) < 4.78 is 0. The highest BCUT2D eigenvalue weighted by atomic mass is 16.3. The first-order chi connectivity index (χ1) is 11.9. The van der Waals surface area contributed by atoms with Crippen LogP contribution >= 0.6 is 0 Å². The first kappa shape index (κ1) is 17.5. The van der Waals surface area contributed by atoms with Crippen LogP contribution in [-0.2, 0) is 6.54 Å². The first-order valence-corrected chi connectivity index (χ1v) is 8.76. The fourth-order valence-corrected chi connectivity index (χ4v) is 3.09. The molecular formula is C19H26N4O2. The smallest absolute Gasteiger partial charge is 0.157 e. The number of hydrogen-bond acceptors (Lipinski definition) is 6. The topological polar surface area (TPSA) is 72.7 Å². The van der Waals surface area contributed by atoms with E-state index in [1.807, 2.05) is 13.0 Å². The van der Waals surface area contributed by atoms with E-state index in [2.05, 4.69) is 39.7 Å². The number of nitrogens with zero attached hydrogens (tertiary/aromatic N) is 4. The lowest BCUT2D eigenvalue weighted by Gasteiger charge is -2.35. The number of rotatable bonds is 4. The lowest BCUT2D eigenvalue weighted by atomic mass is 10.1. The van der Waals surface area contributed by atoms with E-state index in [9.17, 15) is 10.2 Å². The van der Waals surface area contributed by atoms with E-state index in [0.717, 1.165) is 55.6 Å². The summed E-state index contributed by atoms with van der Waals surface area (Å²) in [6.45, 7) is 10.7. The summed E-state index contributed by atoms with van der Waals surface area (Å²) >= 11 is 0. The van der Waals surface area contributed by atoms with Gasteiger partial charge in [-0.15, -0.1) is 0 Å². The predicted molar refractivity (Wildman–Crippen MR) is 98.1 cm³/mol. The van der Waals surface area contributed by atoms with Gasteiger partial charge in [0.25, 0.3) is 0 Å². The molecule has 0 atom stereocenters. The molecular weight excluding hydrogens is 316 g/mol. The van der Waals surface area contributed by atoms with Gasteiger partial charge < -0.3 is 15.1 Å². The van der Waals surface area contributed by atoms with Crippen molar-refractivity contribution in [1.82, 2.24) is 14.9 Å². The number of aryl methyl sites for hydroxylation is 1. The van der Waals surface area contributed by atoms with Gasteiger partial charge in [0.05, 0.1) is 0 Å². The molecule has 0 unspecified atom stereocenters. The van der Waals surface area contributed by atoms with Gasteiger partial charge in [0, 0.05) is 44.5 Å². The molecule has 0 amide bonds. The zero-order valence-corrected chi connectivity index (χ0v) is 15.1. The van der Waals surface area contributed by atoms with Gasteiger partial charge in [0.15, 0.2) is 11.5 Å². The van der Waals surface area contributed by atoms with Crippen molar-refractivity contribution in [3.63, 3.8) is 0 Å². The van der Waals surface area contributed by atoms with E-state index in [4.69, 9.17) is 0 Å². The van der Waals surface area contributed by atoms with E-state index in [-0.39, 0.29) is 11.5 Å². The first-order valence-electron chi connectivity index (χ1n) is 8.76. The molecule has 0 bridgehead atoms. The summed E-state index contributed by atoms with van der Waals surface area (Å²) in [5.74, 6) is 2.09. The molecule has 0 radical (unpaired) electrons. The van der Waals surface area contributed by atoms with E-state index >= 15 is 0 Å². The van der Waals surface area contributed by atoms with Crippen LogP contribution in [-0.4, -0.2) is 51.3 Å². The van der Waals surface area contributed by atoms with Crippen LogP contribution in [0.25, 0.3) is 0 Å². The lowest BCUT2D eigenvalue weighted by molar-refractivity contribution is 0.249. The molecule has 0 aliphatic carbocycles. The van der Waals surface area contributed by atoms with Gasteiger partial charge >= 0.3 is 0 Å². The predicted octanol–water partition coefficient (Wildman–Crippen LogP) is 2.64. The van der Waals surface area contributed by atoms with Crippen LogP contribution in [0.3, 0.4) is 0 Å². The molecule has 25 heavy (non-hydrogen) atoms. The highest BCUT2D eigenvalue weighted by Crippen LogP contribution is 2.26. The summed E-state index contributed by atoms with van der Waals surface area (Å²) in [6, 6.07) is 7.12. The van der Waals surface area contributed by atoms with E-state index in [1.165, 1.54) is 6.07 Å². The summed E-state index contributed by atoms with van der Waals surface area (Å²) in [5.41, 5.74) is 2.09. The average molecular weight is 342 g/mol. The van der Waals surface area contributed by atoms with Crippen LogP contribution in [0.2, 0.25) is 0 Å².